The molecule has 4 unspecified atom stereocenters. The summed E-state index contributed by atoms with van der Waals surface area (Å²) >= 11 is 0. The monoisotopic (exact) mass is 220 g/mol. The molecule has 1 aromatic rings. The number of hydrogen-bond acceptors (Lipinski definition) is 2. The van der Waals surface area contributed by atoms with E-state index in [1.54, 1.807) is 7.11 Å². The zero-order valence-corrected chi connectivity index (χ0v) is 10.2. The molecule has 0 aromatic heterocycles. The quantitative estimate of drug-likeness (QED) is 0.845. The van der Waals surface area contributed by atoms with Crippen LogP contribution in [0.15, 0.2) is 30.3 Å². The summed E-state index contributed by atoms with van der Waals surface area (Å²) in [7, 11) is 1.65. The zero-order valence-electron chi connectivity index (χ0n) is 10.2. The molecule has 2 nitrogen and oxygen atoms in total. The standard InChI is InChI=1S/C14H20O2/c1-10(16-3)14(2,15)13-9-12(13)11-7-5-4-6-8-11/h4-8,10,12-13,15H,9H2,1-3H3. The van der Waals surface area contributed by atoms with E-state index in [2.05, 4.69) is 24.3 Å². The Hall–Kier alpha value is -0.860. The van der Waals surface area contributed by atoms with Crippen LogP contribution < -0.4 is 0 Å². The first-order chi connectivity index (χ1) is 7.57. The molecule has 0 heterocycles. The smallest absolute Gasteiger partial charge is 0.0911 e. The van der Waals surface area contributed by atoms with Crippen molar-refractivity contribution >= 4 is 0 Å². The molecule has 0 radical (unpaired) electrons. The van der Waals surface area contributed by atoms with Crippen LogP contribution in [0.4, 0.5) is 0 Å². The molecule has 1 aliphatic rings. The SMILES string of the molecule is COC(C)C(C)(O)C1CC1c1ccccc1. The molecule has 1 N–H and O–H groups in total. The Morgan fingerprint density at radius 3 is 2.56 bits per heavy atom. The van der Waals surface area contributed by atoms with Crippen LogP contribution in [0.5, 0.6) is 0 Å². The summed E-state index contributed by atoms with van der Waals surface area (Å²) in [6.07, 6.45) is 0.941. The molecular formula is C14H20O2. The molecule has 1 fully saturated rings. The van der Waals surface area contributed by atoms with Gasteiger partial charge in [0, 0.05) is 7.11 Å². The van der Waals surface area contributed by atoms with Crippen LogP contribution in [0.3, 0.4) is 0 Å². The third-order valence-electron chi connectivity index (χ3n) is 3.95. The summed E-state index contributed by atoms with van der Waals surface area (Å²) in [6.45, 7) is 3.81. The van der Waals surface area contributed by atoms with Gasteiger partial charge >= 0.3 is 0 Å². The number of hydrogen-bond donors (Lipinski definition) is 1. The molecule has 1 aliphatic carbocycles. The minimum atomic E-state index is -0.727. The summed E-state index contributed by atoms with van der Waals surface area (Å²) in [4.78, 5) is 0. The molecule has 1 aromatic carbocycles. The number of rotatable bonds is 4. The van der Waals surface area contributed by atoms with E-state index in [1.165, 1.54) is 5.56 Å². The molecule has 2 heteroatoms. The first kappa shape index (κ1) is 11.6. The lowest BCUT2D eigenvalue weighted by Crippen LogP contribution is -2.41. The molecule has 16 heavy (non-hydrogen) atoms. The van der Waals surface area contributed by atoms with Crippen molar-refractivity contribution in [2.45, 2.75) is 37.9 Å². The number of methoxy groups -OCH3 is 1. The summed E-state index contributed by atoms with van der Waals surface area (Å²) in [5.41, 5.74) is 0.603. The van der Waals surface area contributed by atoms with Crippen LogP contribution in [0, 0.1) is 5.92 Å². The minimum absolute atomic E-state index is 0.119. The van der Waals surface area contributed by atoms with Gasteiger partial charge in [0.15, 0.2) is 0 Å². The third-order valence-corrected chi connectivity index (χ3v) is 3.95. The van der Waals surface area contributed by atoms with Gasteiger partial charge in [-0.05, 0) is 37.7 Å². The fraction of sp³-hybridized carbons (Fsp3) is 0.571. The molecule has 2 rings (SSSR count). The Morgan fingerprint density at radius 1 is 1.38 bits per heavy atom. The van der Waals surface area contributed by atoms with Crippen molar-refractivity contribution < 1.29 is 9.84 Å². The molecule has 1 saturated carbocycles. The maximum atomic E-state index is 10.4. The second kappa shape index (κ2) is 4.19. The van der Waals surface area contributed by atoms with Crippen LogP contribution in [0.25, 0.3) is 0 Å². The van der Waals surface area contributed by atoms with Crippen molar-refractivity contribution in [1.82, 2.24) is 0 Å². The lowest BCUT2D eigenvalue weighted by molar-refractivity contribution is -0.0873. The molecule has 0 saturated heterocycles. The van der Waals surface area contributed by atoms with Gasteiger partial charge in [0.25, 0.3) is 0 Å². The Morgan fingerprint density at radius 2 is 2.00 bits per heavy atom. The van der Waals surface area contributed by atoms with Gasteiger partial charge in [-0.3, -0.25) is 0 Å². The van der Waals surface area contributed by atoms with Crippen LogP contribution in [0.1, 0.15) is 31.7 Å². The van der Waals surface area contributed by atoms with Gasteiger partial charge < -0.3 is 9.84 Å². The third kappa shape index (κ3) is 2.00. The fourth-order valence-corrected chi connectivity index (χ4v) is 2.45. The normalized spacial score (nSPS) is 29.5. The molecule has 0 spiro atoms. The van der Waals surface area contributed by atoms with Crippen LogP contribution in [0.2, 0.25) is 0 Å². The van der Waals surface area contributed by atoms with Gasteiger partial charge in [0.2, 0.25) is 0 Å². The molecule has 4 atom stereocenters. The molecule has 0 aliphatic heterocycles. The molecule has 0 bridgehead atoms. The second-order valence-electron chi connectivity index (χ2n) is 4.96. The highest BCUT2D eigenvalue weighted by Crippen LogP contribution is 2.54. The Labute approximate surface area is 97.3 Å². The lowest BCUT2D eigenvalue weighted by Gasteiger charge is -2.29. The summed E-state index contributed by atoms with van der Waals surface area (Å²) in [6, 6.07) is 10.4. The van der Waals surface area contributed by atoms with Gasteiger partial charge in [0.1, 0.15) is 0 Å². The maximum absolute atomic E-state index is 10.4. The van der Waals surface area contributed by atoms with Gasteiger partial charge in [-0.25, -0.2) is 0 Å². The topological polar surface area (TPSA) is 29.5 Å². The van der Waals surface area contributed by atoms with Crippen LogP contribution in [-0.2, 0) is 4.74 Å². The lowest BCUT2D eigenvalue weighted by atomic mass is 9.91. The first-order valence-electron chi connectivity index (χ1n) is 5.87. The molecule has 88 valence electrons. The van der Waals surface area contributed by atoms with E-state index < -0.39 is 5.60 Å². The highest BCUT2D eigenvalue weighted by Gasteiger charge is 2.52. The number of aliphatic hydroxyl groups is 1. The van der Waals surface area contributed by atoms with Crippen molar-refractivity contribution in [3.8, 4) is 0 Å². The maximum Gasteiger partial charge on any atom is 0.0911 e. The fourth-order valence-electron chi connectivity index (χ4n) is 2.45. The van der Waals surface area contributed by atoms with Crippen molar-refractivity contribution in [2.24, 2.45) is 5.92 Å². The number of benzene rings is 1. The Balaban J connectivity index is 2.07. The minimum Gasteiger partial charge on any atom is -0.387 e. The molecular weight excluding hydrogens is 200 g/mol. The zero-order chi connectivity index (χ0) is 11.8. The second-order valence-corrected chi connectivity index (χ2v) is 4.96. The summed E-state index contributed by atoms with van der Waals surface area (Å²) < 4.78 is 5.25. The Kier molecular flexibility index (Phi) is 3.04. The average molecular weight is 220 g/mol. The van der Waals surface area contributed by atoms with Crippen molar-refractivity contribution in [3.05, 3.63) is 35.9 Å². The van der Waals surface area contributed by atoms with E-state index >= 15 is 0 Å². The molecule has 0 amide bonds. The van der Waals surface area contributed by atoms with E-state index in [-0.39, 0.29) is 6.10 Å². The highest BCUT2D eigenvalue weighted by molar-refractivity contribution is 5.27. The average Bonchev–Trinajstić information content (AvgIpc) is 3.09. The predicted octanol–water partition coefficient (Wildman–Crippen LogP) is 2.58. The van der Waals surface area contributed by atoms with Crippen molar-refractivity contribution in [3.63, 3.8) is 0 Å². The first-order valence-corrected chi connectivity index (χ1v) is 5.87. The van der Waals surface area contributed by atoms with E-state index in [0.717, 1.165) is 6.42 Å². The van der Waals surface area contributed by atoms with Gasteiger partial charge in [0.05, 0.1) is 11.7 Å². The number of ether oxygens (including phenoxy) is 1. The van der Waals surface area contributed by atoms with Gasteiger partial charge in [-0.15, -0.1) is 0 Å². The van der Waals surface area contributed by atoms with Gasteiger partial charge in [-0.1, -0.05) is 30.3 Å². The van der Waals surface area contributed by atoms with Gasteiger partial charge in [-0.2, -0.15) is 0 Å². The summed E-state index contributed by atoms with van der Waals surface area (Å²) in [5.74, 6) is 0.818. The van der Waals surface area contributed by atoms with E-state index in [1.807, 2.05) is 19.9 Å². The van der Waals surface area contributed by atoms with Crippen LogP contribution >= 0.6 is 0 Å². The van der Waals surface area contributed by atoms with Crippen molar-refractivity contribution in [1.29, 1.82) is 0 Å². The Bertz CT molecular complexity index is 345. The summed E-state index contributed by atoms with van der Waals surface area (Å²) in [5, 5.41) is 10.4. The van der Waals surface area contributed by atoms with E-state index in [0.29, 0.717) is 11.8 Å². The van der Waals surface area contributed by atoms with E-state index in [4.69, 9.17) is 4.74 Å². The highest BCUT2D eigenvalue weighted by atomic mass is 16.5. The van der Waals surface area contributed by atoms with Crippen LogP contribution in [-0.4, -0.2) is 23.9 Å². The predicted molar refractivity (Wildman–Crippen MR) is 64.4 cm³/mol. The largest absolute Gasteiger partial charge is 0.387 e. The van der Waals surface area contributed by atoms with E-state index in [9.17, 15) is 5.11 Å². The van der Waals surface area contributed by atoms with Crippen molar-refractivity contribution in [2.75, 3.05) is 7.11 Å².